The van der Waals surface area contributed by atoms with Crippen molar-refractivity contribution in [2.45, 2.75) is 26.5 Å². The largest absolute Gasteiger partial charge is 0.488 e. The number of rotatable bonds is 6. The third-order valence-corrected chi connectivity index (χ3v) is 4.84. The number of ether oxygens (including phenoxy) is 3. The second-order valence-corrected chi connectivity index (χ2v) is 7.22. The number of carbonyl (C=O) groups is 1. The van der Waals surface area contributed by atoms with Crippen LogP contribution in [0.15, 0.2) is 60.8 Å². The first-order valence-corrected chi connectivity index (χ1v) is 9.90. The molecule has 0 aliphatic carbocycles. The lowest BCUT2D eigenvalue weighted by atomic mass is 10.0. The topological polar surface area (TPSA) is 69.7 Å². The van der Waals surface area contributed by atoms with Crippen LogP contribution in [0.4, 0.5) is 0 Å². The number of fused-ring (bicyclic) bond motifs is 1. The Hall–Kier alpha value is -3.54. The van der Waals surface area contributed by atoms with Gasteiger partial charge in [0.05, 0.1) is 6.20 Å². The minimum atomic E-state index is -0.189. The van der Waals surface area contributed by atoms with E-state index < -0.39 is 0 Å². The Morgan fingerprint density at radius 1 is 1.17 bits per heavy atom. The molecule has 6 heteroatoms. The summed E-state index contributed by atoms with van der Waals surface area (Å²) in [5, 5.41) is 2.83. The summed E-state index contributed by atoms with van der Waals surface area (Å²) in [5.41, 5.74) is 3.95. The molecule has 0 saturated heterocycles. The number of para-hydroxylation sites is 2. The van der Waals surface area contributed by atoms with Crippen molar-refractivity contribution in [3.05, 3.63) is 72.1 Å². The van der Waals surface area contributed by atoms with Crippen LogP contribution in [0.3, 0.4) is 0 Å². The van der Waals surface area contributed by atoms with Gasteiger partial charge in [-0.15, -0.1) is 0 Å². The molecule has 0 radical (unpaired) electrons. The van der Waals surface area contributed by atoms with Gasteiger partial charge in [-0.05, 0) is 42.3 Å². The number of pyridine rings is 1. The van der Waals surface area contributed by atoms with Crippen LogP contribution in [-0.2, 0) is 11.3 Å². The summed E-state index contributed by atoms with van der Waals surface area (Å²) in [7, 11) is 0. The summed E-state index contributed by atoms with van der Waals surface area (Å²) in [6.07, 6.45) is 1.53. The molecule has 3 aromatic rings. The molecule has 0 fully saturated rings. The van der Waals surface area contributed by atoms with Crippen molar-refractivity contribution in [1.29, 1.82) is 0 Å². The number of amides is 1. The van der Waals surface area contributed by atoms with Gasteiger partial charge in [0.25, 0.3) is 0 Å². The number of nitrogens with one attached hydrogen (secondary N) is 1. The first-order valence-electron chi connectivity index (χ1n) is 9.90. The highest BCUT2D eigenvalue weighted by Gasteiger charge is 2.21. The molecule has 154 valence electrons. The van der Waals surface area contributed by atoms with Gasteiger partial charge in [0, 0.05) is 24.7 Å². The minimum Gasteiger partial charge on any atom is -0.488 e. The average Bonchev–Trinajstić information content (AvgIpc) is 2.77. The highest BCUT2D eigenvalue weighted by Crippen LogP contribution is 2.31. The van der Waals surface area contributed by atoms with Crippen molar-refractivity contribution in [2.75, 3.05) is 13.2 Å². The van der Waals surface area contributed by atoms with Crippen molar-refractivity contribution in [1.82, 2.24) is 10.3 Å². The van der Waals surface area contributed by atoms with Crippen LogP contribution in [0, 0.1) is 6.92 Å². The molecule has 1 amide bonds. The lowest BCUT2D eigenvalue weighted by Crippen LogP contribution is -2.34. The number of nitrogens with zero attached hydrogens (tertiary/aromatic N) is 1. The van der Waals surface area contributed by atoms with E-state index in [1.807, 2.05) is 55.5 Å². The lowest BCUT2D eigenvalue weighted by Gasteiger charge is -2.26. The molecule has 1 aromatic heterocycles. The van der Waals surface area contributed by atoms with Gasteiger partial charge < -0.3 is 19.5 Å². The normalized spacial score (nSPS) is 14.8. The number of carbonyl (C=O) groups excluding carboxylic acids is 1. The fourth-order valence-corrected chi connectivity index (χ4v) is 3.29. The molecular weight excluding hydrogens is 380 g/mol. The van der Waals surface area contributed by atoms with Crippen LogP contribution in [0.25, 0.3) is 11.1 Å². The number of aromatic nitrogens is 1. The molecule has 30 heavy (non-hydrogen) atoms. The van der Waals surface area contributed by atoms with E-state index in [1.54, 1.807) is 6.20 Å². The molecule has 0 spiro atoms. The molecule has 4 rings (SSSR count). The van der Waals surface area contributed by atoms with E-state index in [1.165, 1.54) is 6.92 Å². The molecule has 1 unspecified atom stereocenters. The summed E-state index contributed by atoms with van der Waals surface area (Å²) >= 11 is 0. The molecule has 1 aliphatic rings. The lowest BCUT2D eigenvalue weighted by molar-refractivity contribution is -0.119. The summed E-state index contributed by atoms with van der Waals surface area (Å²) in [6, 6.07) is 17.6. The Labute approximate surface area is 175 Å². The fourth-order valence-electron chi connectivity index (χ4n) is 3.29. The Bertz CT molecular complexity index is 1050. The van der Waals surface area contributed by atoms with Crippen molar-refractivity contribution < 1.29 is 19.0 Å². The highest BCUT2D eigenvalue weighted by molar-refractivity contribution is 5.73. The zero-order chi connectivity index (χ0) is 20.9. The fraction of sp³-hybridized carbons (Fsp3) is 0.250. The molecular formula is C24H24N2O4. The molecule has 0 saturated carbocycles. The summed E-state index contributed by atoms with van der Waals surface area (Å²) in [4.78, 5) is 15.7. The number of aryl methyl sites for hydroxylation is 1. The SMILES string of the molecule is CC(=O)NCc1cccc(-c2cc(OCC3COc4ccccc4O3)cnc2C)c1. The van der Waals surface area contributed by atoms with Gasteiger partial charge in [0.2, 0.25) is 5.91 Å². The molecule has 1 aliphatic heterocycles. The van der Waals surface area contributed by atoms with E-state index in [0.717, 1.165) is 33.9 Å². The molecule has 1 N–H and O–H groups in total. The minimum absolute atomic E-state index is 0.0508. The van der Waals surface area contributed by atoms with Gasteiger partial charge in [0.15, 0.2) is 17.6 Å². The summed E-state index contributed by atoms with van der Waals surface area (Å²) in [6.45, 7) is 4.77. The molecule has 0 bridgehead atoms. The predicted molar refractivity (Wildman–Crippen MR) is 114 cm³/mol. The van der Waals surface area contributed by atoms with Crippen LogP contribution < -0.4 is 19.5 Å². The number of hydrogen-bond donors (Lipinski definition) is 1. The van der Waals surface area contributed by atoms with Crippen molar-refractivity contribution in [3.63, 3.8) is 0 Å². The monoisotopic (exact) mass is 404 g/mol. The zero-order valence-electron chi connectivity index (χ0n) is 17.1. The van der Waals surface area contributed by atoms with E-state index in [2.05, 4.69) is 16.4 Å². The maximum atomic E-state index is 11.2. The number of hydrogen-bond acceptors (Lipinski definition) is 5. The molecule has 1 atom stereocenters. The van der Waals surface area contributed by atoms with Gasteiger partial charge in [-0.25, -0.2) is 0 Å². The van der Waals surface area contributed by atoms with Crippen LogP contribution in [-0.4, -0.2) is 30.2 Å². The van der Waals surface area contributed by atoms with Gasteiger partial charge in [-0.1, -0.05) is 30.3 Å². The van der Waals surface area contributed by atoms with Crippen molar-refractivity contribution >= 4 is 5.91 Å². The summed E-state index contributed by atoms with van der Waals surface area (Å²) < 4.78 is 17.7. The smallest absolute Gasteiger partial charge is 0.217 e. The molecule has 2 heterocycles. The van der Waals surface area contributed by atoms with Crippen LogP contribution >= 0.6 is 0 Å². The van der Waals surface area contributed by atoms with Gasteiger partial charge in [-0.2, -0.15) is 0 Å². The maximum absolute atomic E-state index is 11.2. The van der Waals surface area contributed by atoms with Gasteiger partial charge in [-0.3, -0.25) is 9.78 Å². The number of benzene rings is 2. The first-order chi connectivity index (χ1) is 14.6. The van der Waals surface area contributed by atoms with Gasteiger partial charge >= 0.3 is 0 Å². The second kappa shape index (κ2) is 8.86. The Morgan fingerprint density at radius 3 is 2.83 bits per heavy atom. The van der Waals surface area contributed by atoms with E-state index >= 15 is 0 Å². The van der Waals surface area contributed by atoms with Crippen molar-refractivity contribution in [3.8, 4) is 28.4 Å². The third-order valence-electron chi connectivity index (χ3n) is 4.84. The van der Waals surface area contributed by atoms with E-state index in [0.29, 0.717) is 25.5 Å². The van der Waals surface area contributed by atoms with Crippen LogP contribution in [0.2, 0.25) is 0 Å². The highest BCUT2D eigenvalue weighted by atomic mass is 16.6. The Kier molecular flexibility index (Phi) is 5.84. The standard InChI is InChI=1S/C24H24N2O4/c1-16-22(19-7-5-6-18(10-19)12-26-17(2)27)11-20(13-25-16)28-14-21-15-29-23-8-3-4-9-24(23)30-21/h3-11,13,21H,12,14-15H2,1-2H3,(H,26,27). The Morgan fingerprint density at radius 2 is 2.00 bits per heavy atom. The average molecular weight is 404 g/mol. The van der Waals surface area contributed by atoms with E-state index in [-0.39, 0.29) is 12.0 Å². The second-order valence-electron chi connectivity index (χ2n) is 7.22. The van der Waals surface area contributed by atoms with E-state index in [9.17, 15) is 4.79 Å². The van der Waals surface area contributed by atoms with Gasteiger partial charge in [0.1, 0.15) is 19.0 Å². The molecule has 6 nitrogen and oxygen atoms in total. The van der Waals surface area contributed by atoms with Crippen molar-refractivity contribution in [2.24, 2.45) is 0 Å². The quantitative estimate of drug-likeness (QED) is 0.675. The van der Waals surface area contributed by atoms with E-state index in [4.69, 9.17) is 14.2 Å². The van der Waals surface area contributed by atoms with Crippen LogP contribution in [0.1, 0.15) is 18.2 Å². The zero-order valence-corrected chi connectivity index (χ0v) is 17.1. The van der Waals surface area contributed by atoms with Crippen LogP contribution in [0.5, 0.6) is 17.2 Å². The molecule has 2 aromatic carbocycles. The third kappa shape index (κ3) is 4.71. The summed E-state index contributed by atoms with van der Waals surface area (Å²) in [5.74, 6) is 2.11. The predicted octanol–water partition coefficient (Wildman–Crippen LogP) is 3.91. The maximum Gasteiger partial charge on any atom is 0.217 e. The first kappa shape index (κ1) is 19.8. The Balaban J connectivity index is 1.45.